The van der Waals surface area contributed by atoms with Gasteiger partial charge in [0.15, 0.2) is 0 Å². The molecule has 1 saturated carbocycles. The molecule has 2 fully saturated rings. The van der Waals surface area contributed by atoms with Gasteiger partial charge in [0.2, 0.25) is 0 Å². The summed E-state index contributed by atoms with van der Waals surface area (Å²) >= 11 is 0. The minimum Gasteiger partial charge on any atom is -0.335 e. The molecule has 1 saturated heterocycles. The molecular formula is C17H34N4O. The highest BCUT2D eigenvalue weighted by atomic mass is 16.2. The number of likely N-dealkylation sites (N-methyl/N-ethyl adjacent to an activating group) is 2. The maximum absolute atomic E-state index is 12.2. The Morgan fingerprint density at radius 2 is 1.68 bits per heavy atom. The van der Waals surface area contributed by atoms with E-state index in [1.54, 1.807) is 0 Å². The van der Waals surface area contributed by atoms with Crippen molar-refractivity contribution in [2.75, 3.05) is 47.3 Å². The van der Waals surface area contributed by atoms with Crippen LogP contribution in [0.4, 0.5) is 4.79 Å². The molecule has 1 heterocycles. The lowest BCUT2D eigenvalue weighted by molar-refractivity contribution is 0.134. The Labute approximate surface area is 136 Å². The van der Waals surface area contributed by atoms with Crippen LogP contribution in [0, 0.1) is 0 Å². The summed E-state index contributed by atoms with van der Waals surface area (Å²) < 4.78 is 0. The van der Waals surface area contributed by atoms with E-state index in [2.05, 4.69) is 29.2 Å². The third-order valence-electron chi connectivity index (χ3n) is 5.38. The van der Waals surface area contributed by atoms with Crippen molar-refractivity contribution in [2.24, 2.45) is 0 Å². The van der Waals surface area contributed by atoms with Crippen LogP contribution in [0.15, 0.2) is 0 Å². The molecule has 0 unspecified atom stereocenters. The molecule has 0 bridgehead atoms. The maximum Gasteiger partial charge on any atom is 0.317 e. The van der Waals surface area contributed by atoms with Crippen molar-refractivity contribution in [1.82, 2.24) is 20.0 Å². The smallest absolute Gasteiger partial charge is 0.317 e. The van der Waals surface area contributed by atoms with Gasteiger partial charge in [0, 0.05) is 32.2 Å². The zero-order valence-corrected chi connectivity index (χ0v) is 14.7. The van der Waals surface area contributed by atoms with Crippen molar-refractivity contribution in [2.45, 2.75) is 57.0 Å². The largest absolute Gasteiger partial charge is 0.335 e. The van der Waals surface area contributed by atoms with Gasteiger partial charge in [0.25, 0.3) is 0 Å². The second kappa shape index (κ2) is 8.73. The predicted molar refractivity (Wildman–Crippen MR) is 91.2 cm³/mol. The molecule has 0 aromatic rings. The first kappa shape index (κ1) is 17.5. The third kappa shape index (κ3) is 5.43. The Kier molecular flexibility index (Phi) is 6.96. The number of urea groups is 1. The number of nitrogens with zero attached hydrogens (tertiary/aromatic N) is 3. The quantitative estimate of drug-likeness (QED) is 0.844. The fourth-order valence-corrected chi connectivity index (χ4v) is 3.56. The molecule has 0 atom stereocenters. The second-order valence-electron chi connectivity index (χ2n) is 7.22. The van der Waals surface area contributed by atoms with E-state index in [0.717, 1.165) is 25.9 Å². The zero-order valence-electron chi connectivity index (χ0n) is 14.7. The van der Waals surface area contributed by atoms with E-state index in [1.807, 2.05) is 11.9 Å². The molecule has 5 nitrogen and oxygen atoms in total. The van der Waals surface area contributed by atoms with Gasteiger partial charge in [-0.05, 0) is 52.9 Å². The van der Waals surface area contributed by atoms with Gasteiger partial charge in [-0.1, -0.05) is 19.3 Å². The Bertz CT molecular complexity index is 336. The van der Waals surface area contributed by atoms with Crippen molar-refractivity contribution in [3.8, 4) is 0 Å². The maximum atomic E-state index is 12.2. The first-order valence-electron chi connectivity index (χ1n) is 8.96. The molecule has 0 aromatic heterocycles. The molecule has 0 aromatic carbocycles. The lowest BCUT2D eigenvalue weighted by Gasteiger charge is -2.36. The van der Waals surface area contributed by atoms with Crippen LogP contribution in [0.3, 0.4) is 0 Å². The number of piperidine rings is 1. The molecule has 1 N–H and O–H groups in total. The average molecular weight is 310 g/mol. The van der Waals surface area contributed by atoms with Gasteiger partial charge < -0.3 is 20.0 Å². The van der Waals surface area contributed by atoms with Crippen LogP contribution in [-0.2, 0) is 0 Å². The minimum absolute atomic E-state index is 0.101. The SMILES string of the molecule is CN1CCC(N(C)CCN(C)C(=O)NC2CCCCC2)CC1. The summed E-state index contributed by atoms with van der Waals surface area (Å²) in [6.45, 7) is 4.14. The van der Waals surface area contributed by atoms with E-state index >= 15 is 0 Å². The van der Waals surface area contributed by atoms with Crippen LogP contribution in [0.5, 0.6) is 0 Å². The number of likely N-dealkylation sites (tertiary alicyclic amines) is 1. The summed E-state index contributed by atoms with van der Waals surface area (Å²) in [4.78, 5) is 18.9. The number of amides is 2. The van der Waals surface area contributed by atoms with Crippen molar-refractivity contribution in [1.29, 1.82) is 0 Å². The summed E-state index contributed by atoms with van der Waals surface area (Å²) in [6.07, 6.45) is 8.62. The van der Waals surface area contributed by atoms with E-state index in [4.69, 9.17) is 0 Å². The standard InChI is InChI=1S/C17H34N4O/c1-19-11-9-16(10-12-19)20(2)13-14-21(3)17(22)18-15-7-5-4-6-8-15/h15-16H,4-14H2,1-3H3,(H,18,22). The van der Waals surface area contributed by atoms with Gasteiger partial charge >= 0.3 is 6.03 Å². The number of carbonyl (C=O) groups is 1. The minimum atomic E-state index is 0.101. The second-order valence-corrected chi connectivity index (χ2v) is 7.22. The summed E-state index contributed by atoms with van der Waals surface area (Å²) in [5, 5.41) is 3.19. The molecule has 1 aliphatic carbocycles. The summed E-state index contributed by atoms with van der Waals surface area (Å²) in [5.74, 6) is 0. The van der Waals surface area contributed by atoms with Gasteiger partial charge in [-0.15, -0.1) is 0 Å². The first-order valence-corrected chi connectivity index (χ1v) is 8.96. The Hall–Kier alpha value is -0.810. The highest BCUT2D eigenvalue weighted by molar-refractivity contribution is 5.74. The van der Waals surface area contributed by atoms with Crippen LogP contribution >= 0.6 is 0 Å². The molecule has 0 radical (unpaired) electrons. The molecule has 22 heavy (non-hydrogen) atoms. The van der Waals surface area contributed by atoms with Gasteiger partial charge in [-0.25, -0.2) is 4.79 Å². The number of hydrogen-bond donors (Lipinski definition) is 1. The molecule has 5 heteroatoms. The van der Waals surface area contributed by atoms with Crippen LogP contribution in [0.2, 0.25) is 0 Å². The van der Waals surface area contributed by atoms with E-state index < -0.39 is 0 Å². The first-order chi connectivity index (χ1) is 10.6. The number of hydrogen-bond acceptors (Lipinski definition) is 3. The van der Waals surface area contributed by atoms with E-state index in [-0.39, 0.29) is 6.03 Å². The van der Waals surface area contributed by atoms with Crippen molar-refractivity contribution < 1.29 is 4.79 Å². The Balaban J connectivity index is 1.65. The van der Waals surface area contributed by atoms with Crippen molar-refractivity contribution in [3.05, 3.63) is 0 Å². The zero-order chi connectivity index (χ0) is 15.9. The normalized spacial score (nSPS) is 22.0. The molecule has 128 valence electrons. The molecule has 2 amide bonds. The number of carbonyl (C=O) groups excluding carboxylic acids is 1. The monoisotopic (exact) mass is 310 g/mol. The number of rotatable bonds is 5. The molecule has 0 spiro atoms. The van der Waals surface area contributed by atoms with E-state index in [9.17, 15) is 4.79 Å². The summed E-state index contributed by atoms with van der Waals surface area (Å²) in [6, 6.07) is 1.17. The van der Waals surface area contributed by atoms with Crippen LogP contribution in [0.1, 0.15) is 44.9 Å². The van der Waals surface area contributed by atoms with Gasteiger partial charge in [-0.2, -0.15) is 0 Å². The summed E-state index contributed by atoms with van der Waals surface area (Å²) in [5.41, 5.74) is 0. The highest BCUT2D eigenvalue weighted by Crippen LogP contribution is 2.17. The van der Waals surface area contributed by atoms with Crippen molar-refractivity contribution >= 4 is 6.03 Å². The highest BCUT2D eigenvalue weighted by Gasteiger charge is 2.22. The van der Waals surface area contributed by atoms with Gasteiger partial charge in [0.05, 0.1) is 0 Å². The van der Waals surface area contributed by atoms with Crippen LogP contribution < -0.4 is 5.32 Å². The summed E-state index contributed by atoms with van der Waals surface area (Å²) in [7, 11) is 6.31. The van der Waals surface area contributed by atoms with Gasteiger partial charge in [-0.3, -0.25) is 0 Å². The molecular weight excluding hydrogens is 276 g/mol. The van der Waals surface area contributed by atoms with Crippen LogP contribution in [-0.4, -0.2) is 80.1 Å². The van der Waals surface area contributed by atoms with Crippen LogP contribution in [0.25, 0.3) is 0 Å². The molecule has 2 rings (SSSR count). The Morgan fingerprint density at radius 1 is 1.05 bits per heavy atom. The van der Waals surface area contributed by atoms with E-state index in [0.29, 0.717) is 12.1 Å². The molecule has 1 aliphatic heterocycles. The van der Waals surface area contributed by atoms with Gasteiger partial charge in [0.1, 0.15) is 0 Å². The fourth-order valence-electron chi connectivity index (χ4n) is 3.56. The average Bonchev–Trinajstić information content (AvgIpc) is 2.53. The third-order valence-corrected chi connectivity index (χ3v) is 5.38. The lowest BCUT2D eigenvalue weighted by atomic mass is 9.96. The predicted octanol–water partition coefficient (Wildman–Crippen LogP) is 1.99. The molecule has 2 aliphatic rings. The Morgan fingerprint density at radius 3 is 2.32 bits per heavy atom. The topological polar surface area (TPSA) is 38.8 Å². The number of nitrogens with one attached hydrogen (secondary N) is 1. The van der Waals surface area contributed by atoms with Crippen molar-refractivity contribution in [3.63, 3.8) is 0 Å². The lowest BCUT2D eigenvalue weighted by Crippen LogP contribution is -2.48. The van der Waals surface area contributed by atoms with E-state index in [1.165, 1.54) is 45.2 Å². The fraction of sp³-hybridized carbons (Fsp3) is 0.941.